The Morgan fingerprint density at radius 1 is 1.29 bits per heavy atom. The van der Waals surface area contributed by atoms with Gasteiger partial charge in [-0.25, -0.2) is 0 Å². The predicted octanol–water partition coefficient (Wildman–Crippen LogP) is 3.59. The minimum atomic E-state index is 0.908. The molecule has 2 N–H and O–H groups in total. The molecule has 0 radical (unpaired) electrons. The number of hydrogen-bond acceptors (Lipinski definition) is 2. The van der Waals surface area contributed by atoms with Crippen LogP contribution in [0.5, 0.6) is 0 Å². The molecule has 1 aromatic carbocycles. The first kappa shape index (κ1) is 12.3. The standard InChI is InChI=1S/C15H24N2/c1-3-13-5-4-9-17(10-8-13)15-11-12(2)6-7-14(15)16/h6-7,11,13H,3-5,8-10,16H2,1-2H3. The Hall–Kier alpha value is -1.18. The van der Waals surface area contributed by atoms with Crippen molar-refractivity contribution < 1.29 is 0 Å². The van der Waals surface area contributed by atoms with Crippen LogP contribution in [0.2, 0.25) is 0 Å². The second-order valence-electron chi connectivity index (χ2n) is 5.25. The van der Waals surface area contributed by atoms with E-state index in [-0.39, 0.29) is 0 Å². The molecule has 0 saturated carbocycles. The summed E-state index contributed by atoms with van der Waals surface area (Å²) in [6.45, 7) is 6.76. The lowest BCUT2D eigenvalue weighted by atomic mass is 9.98. The maximum Gasteiger partial charge on any atom is 0.0602 e. The quantitative estimate of drug-likeness (QED) is 0.789. The van der Waals surface area contributed by atoms with Crippen LogP contribution >= 0.6 is 0 Å². The summed E-state index contributed by atoms with van der Waals surface area (Å²) in [5.41, 5.74) is 9.55. The number of nitrogen functional groups attached to an aromatic ring is 1. The van der Waals surface area contributed by atoms with Crippen molar-refractivity contribution in [3.8, 4) is 0 Å². The molecule has 2 nitrogen and oxygen atoms in total. The van der Waals surface area contributed by atoms with Gasteiger partial charge in [0.05, 0.1) is 11.4 Å². The Kier molecular flexibility index (Phi) is 3.93. The number of aryl methyl sites for hydroxylation is 1. The zero-order valence-electron chi connectivity index (χ0n) is 11.1. The summed E-state index contributed by atoms with van der Waals surface area (Å²) in [4.78, 5) is 2.47. The van der Waals surface area contributed by atoms with Crippen molar-refractivity contribution in [3.63, 3.8) is 0 Å². The van der Waals surface area contributed by atoms with E-state index in [1.54, 1.807) is 0 Å². The molecule has 17 heavy (non-hydrogen) atoms. The molecule has 1 aliphatic heterocycles. The molecule has 0 spiro atoms. The maximum atomic E-state index is 6.10. The fourth-order valence-corrected chi connectivity index (χ4v) is 2.74. The van der Waals surface area contributed by atoms with E-state index >= 15 is 0 Å². The molecule has 1 fully saturated rings. The topological polar surface area (TPSA) is 29.3 Å². The number of nitrogens with zero attached hydrogens (tertiary/aromatic N) is 1. The SMILES string of the molecule is CCC1CCCN(c2cc(C)ccc2N)CC1. The normalized spacial score (nSPS) is 21.3. The predicted molar refractivity (Wildman–Crippen MR) is 75.4 cm³/mol. The number of benzene rings is 1. The fourth-order valence-electron chi connectivity index (χ4n) is 2.74. The highest BCUT2D eigenvalue weighted by atomic mass is 15.1. The molecule has 94 valence electrons. The van der Waals surface area contributed by atoms with Crippen molar-refractivity contribution in [3.05, 3.63) is 23.8 Å². The number of anilines is 2. The van der Waals surface area contributed by atoms with Crippen molar-refractivity contribution in [2.75, 3.05) is 23.7 Å². The van der Waals surface area contributed by atoms with Crippen LogP contribution in [0.1, 0.15) is 38.2 Å². The molecular formula is C15H24N2. The first-order valence-corrected chi connectivity index (χ1v) is 6.81. The van der Waals surface area contributed by atoms with Crippen molar-refractivity contribution in [2.45, 2.75) is 39.5 Å². The fraction of sp³-hybridized carbons (Fsp3) is 0.600. The molecule has 1 saturated heterocycles. The highest BCUT2D eigenvalue weighted by molar-refractivity contribution is 5.68. The zero-order valence-corrected chi connectivity index (χ0v) is 11.1. The van der Waals surface area contributed by atoms with Crippen molar-refractivity contribution in [1.29, 1.82) is 0 Å². The molecule has 0 aromatic heterocycles. The molecule has 1 heterocycles. The molecule has 1 aliphatic rings. The number of nitrogens with two attached hydrogens (primary N) is 1. The second kappa shape index (κ2) is 5.44. The van der Waals surface area contributed by atoms with Gasteiger partial charge in [-0.15, -0.1) is 0 Å². The van der Waals surface area contributed by atoms with Crippen LogP contribution in [-0.4, -0.2) is 13.1 Å². The Morgan fingerprint density at radius 3 is 2.88 bits per heavy atom. The Morgan fingerprint density at radius 2 is 2.12 bits per heavy atom. The lowest BCUT2D eigenvalue weighted by Gasteiger charge is -2.24. The van der Waals surface area contributed by atoms with Gasteiger partial charge in [-0.2, -0.15) is 0 Å². The summed E-state index contributed by atoms with van der Waals surface area (Å²) in [6, 6.07) is 6.35. The second-order valence-corrected chi connectivity index (χ2v) is 5.25. The third-order valence-electron chi connectivity index (χ3n) is 3.95. The Bertz CT molecular complexity index is 373. The van der Waals surface area contributed by atoms with Gasteiger partial charge >= 0.3 is 0 Å². The van der Waals surface area contributed by atoms with E-state index in [4.69, 9.17) is 5.73 Å². The van der Waals surface area contributed by atoms with E-state index in [2.05, 4.69) is 30.9 Å². The van der Waals surface area contributed by atoms with Crippen LogP contribution in [0.25, 0.3) is 0 Å². The molecule has 0 bridgehead atoms. The third-order valence-corrected chi connectivity index (χ3v) is 3.95. The zero-order chi connectivity index (χ0) is 12.3. The van der Waals surface area contributed by atoms with E-state index < -0.39 is 0 Å². The minimum absolute atomic E-state index is 0.908. The van der Waals surface area contributed by atoms with Gasteiger partial charge in [-0.1, -0.05) is 19.4 Å². The van der Waals surface area contributed by atoms with Gasteiger partial charge in [0.1, 0.15) is 0 Å². The first-order chi connectivity index (χ1) is 8.20. The summed E-state index contributed by atoms with van der Waals surface area (Å²) in [6.07, 6.45) is 5.30. The van der Waals surface area contributed by atoms with Crippen LogP contribution in [-0.2, 0) is 0 Å². The minimum Gasteiger partial charge on any atom is -0.397 e. The summed E-state index contributed by atoms with van der Waals surface area (Å²) < 4.78 is 0. The van der Waals surface area contributed by atoms with Crippen molar-refractivity contribution in [1.82, 2.24) is 0 Å². The molecule has 2 rings (SSSR count). The van der Waals surface area contributed by atoms with Gasteiger partial charge in [-0.3, -0.25) is 0 Å². The van der Waals surface area contributed by atoms with Crippen LogP contribution in [0.15, 0.2) is 18.2 Å². The van der Waals surface area contributed by atoms with Crippen LogP contribution in [0.4, 0.5) is 11.4 Å². The largest absolute Gasteiger partial charge is 0.397 e. The lowest BCUT2D eigenvalue weighted by molar-refractivity contribution is 0.459. The first-order valence-electron chi connectivity index (χ1n) is 6.81. The van der Waals surface area contributed by atoms with Gasteiger partial charge in [0.25, 0.3) is 0 Å². The van der Waals surface area contributed by atoms with Gasteiger partial charge in [0.15, 0.2) is 0 Å². The van der Waals surface area contributed by atoms with Gasteiger partial charge in [-0.05, 0) is 49.8 Å². The highest BCUT2D eigenvalue weighted by Crippen LogP contribution is 2.29. The summed E-state index contributed by atoms with van der Waals surface area (Å²) >= 11 is 0. The van der Waals surface area contributed by atoms with Gasteiger partial charge in [0.2, 0.25) is 0 Å². The maximum absolute atomic E-state index is 6.10. The smallest absolute Gasteiger partial charge is 0.0602 e. The molecule has 1 aromatic rings. The monoisotopic (exact) mass is 232 g/mol. The Balaban J connectivity index is 2.13. The van der Waals surface area contributed by atoms with E-state index in [9.17, 15) is 0 Å². The van der Waals surface area contributed by atoms with E-state index in [0.717, 1.165) is 24.7 Å². The average Bonchev–Trinajstić information content (AvgIpc) is 2.57. The molecule has 0 amide bonds. The van der Waals surface area contributed by atoms with E-state index in [0.29, 0.717) is 0 Å². The Labute approximate surface area is 105 Å². The molecule has 0 aliphatic carbocycles. The number of hydrogen-bond donors (Lipinski definition) is 1. The lowest BCUT2D eigenvalue weighted by Crippen LogP contribution is -2.25. The summed E-state index contributed by atoms with van der Waals surface area (Å²) in [5, 5.41) is 0. The van der Waals surface area contributed by atoms with Crippen LogP contribution < -0.4 is 10.6 Å². The van der Waals surface area contributed by atoms with E-state index in [1.165, 1.54) is 36.9 Å². The third kappa shape index (κ3) is 2.93. The molecular weight excluding hydrogens is 208 g/mol. The van der Waals surface area contributed by atoms with Crippen LogP contribution in [0.3, 0.4) is 0 Å². The number of rotatable bonds is 2. The van der Waals surface area contributed by atoms with Crippen LogP contribution in [0, 0.1) is 12.8 Å². The highest BCUT2D eigenvalue weighted by Gasteiger charge is 2.17. The van der Waals surface area contributed by atoms with Gasteiger partial charge in [0, 0.05) is 13.1 Å². The molecule has 2 heteroatoms. The molecule has 1 unspecified atom stereocenters. The average molecular weight is 232 g/mol. The molecule has 1 atom stereocenters. The van der Waals surface area contributed by atoms with Crippen molar-refractivity contribution in [2.24, 2.45) is 5.92 Å². The summed E-state index contributed by atoms with van der Waals surface area (Å²) in [7, 11) is 0. The summed E-state index contributed by atoms with van der Waals surface area (Å²) in [5.74, 6) is 0.908. The van der Waals surface area contributed by atoms with Gasteiger partial charge < -0.3 is 10.6 Å². The van der Waals surface area contributed by atoms with Crippen molar-refractivity contribution >= 4 is 11.4 Å². The van der Waals surface area contributed by atoms with E-state index in [1.807, 2.05) is 6.07 Å².